The van der Waals surface area contributed by atoms with Crippen LogP contribution in [0.2, 0.25) is 0 Å². The van der Waals surface area contributed by atoms with Gasteiger partial charge in [0.25, 0.3) is 0 Å². The zero-order chi connectivity index (χ0) is 11.9. The molecule has 2 rings (SSSR count). The van der Waals surface area contributed by atoms with Crippen molar-refractivity contribution in [3.05, 3.63) is 36.0 Å². The first-order valence-electron chi connectivity index (χ1n) is 6.24. The number of aromatic nitrogens is 1. The molecule has 3 heteroatoms. The first kappa shape index (κ1) is 12.1. The molecule has 1 aliphatic carbocycles. The largest absolute Gasteiger partial charge is 0.481 e. The Kier molecular flexibility index (Phi) is 4.56. The van der Waals surface area contributed by atoms with Gasteiger partial charge in [-0.15, -0.1) is 0 Å². The van der Waals surface area contributed by atoms with Crippen molar-refractivity contribution in [1.82, 2.24) is 10.3 Å². The molecule has 3 nitrogen and oxygen atoms in total. The minimum Gasteiger partial charge on any atom is -0.481 e. The van der Waals surface area contributed by atoms with Crippen LogP contribution in [0.1, 0.15) is 25.0 Å². The van der Waals surface area contributed by atoms with E-state index in [1.165, 1.54) is 19.3 Å². The molecule has 17 heavy (non-hydrogen) atoms. The molecule has 0 amide bonds. The second-order valence-electron chi connectivity index (χ2n) is 4.45. The average Bonchev–Trinajstić information content (AvgIpc) is 2.40. The number of nitrogens with one attached hydrogen (secondary N) is 1. The molecule has 0 saturated heterocycles. The van der Waals surface area contributed by atoms with Gasteiger partial charge in [-0.2, -0.15) is 0 Å². The van der Waals surface area contributed by atoms with Gasteiger partial charge >= 0.3 is 0 Å². The molecule has 1 aromatic heterocycles. The molecule has 0 bridgehead atoms. The Balaban J connectivity index is 1.75. The summed E-state index contributed by atoms with van der Waals surface area (Å²) in [4.78, 5) is 4.38. The van der Waals surface area contributed by atoms with Gasteiger partial charge in [-0.1, -0.05) is 18.2 Å². The van der Waals surface area contributed by atoms with Gasteiger partial charge in [-0.05, 0) is 37.8 Å². The number of hydrogen-bond donors (Lipinski definition) is 1. The van der Waals surface area contributed by atoms with E-state index in [1.54, 1.807) is 7.11 Å². The van der Waals surface area contributed by atoms with Crippen LogP contribution < -0.4 is 10.1 Å². The molecule has 1 N–H and O–H groups in total. The highest BCUT2D eigenvalue weighted by molar-refractivity contribution is 5.15. The van der Waals surface area contributed by atoms with Gasteiger partial charge in [0.05, 0.1) is 12.8 Å². The van der Waals surface area contributed by atoms with E-state index < -0.39 is 0 Å². The Morgan fingerprint density at radius 3 is 3.12 bits per heavy atom. The van der Waals surface area contributed by atoms with Gasteiger partial charge in [-0.25, -0.2) is 4.98 Å². The maximum Gasteiger partial charge on any atom is 0.213 e. The van der Waals surface area contributed by atoms with Gasteiger partial charge in [0.2, 0.25) is 5.88 Å². The number of methoxy groups -OCH3 is 1. The van der Waals surface area contributed by atoms with E-state index in [-0.39, 0.29) is 0 Å². The minimum atomic E-state index is 0.685. The maximum absolute atomic E-state index is 5.10. The monoisotopic (exact) mass is 232 g/mol. The van der Waals surface area contributed by atoms with Gasteiger partial charge in [0.15, 0.2) is 0 Å². The Hall–Kier alpha value is -1.35. The van der Waals surface area contributed by atoms with E-state index in [4.69, 9.17) is 4.74 Å². The highest BCUT2D eigenvalue weighted by Crippen LogP contribution is 2.17. The van der Waals surface area contributed by atoms with Crippen molar-refractivity contribution < 1.29 is 4.74 Å². The number of nitrogens with zero attached hydrogens (tertiary/aromatic N) is 1. The number of allylic oxidation sites excluding steroid dienone is 2. The molecule has 1 atom stereocenters. The van der Waals surface area contributed by atoms with E-state index in [0.29, 0.717) is 5.88 Å². The van der Waals surface area contributed by atoms with Crippen LogP contribution in [0, 0.1) is 5.92 Å². The van der Waals surface area contributed by atoms with Crippen molar-refractivity contribution in [2.45, 2.75) is 25.8 Å². The third-order valence-electron chi connectivity index (χ3n) is 3.11. The fourth-order valence-electron chi connectivity index (χ4n) is 2.12. The fraction of sp³-hybridized carbons (Fsp3) is 0.500. The summed E-state index contributed by atoms with van der Waals surface area (Å²) in [7, 11) is 1.65. The Morgan fingerprint density at radius 1 is 1.41 bits per heavy atom. The van der Waals surface area contributed by atoms with E-state index in [0.717, 1.165) is 24.7 Å². The van der Waals surface area contributed by atoms with E-state index in [9.17, 15) is 0 Å². The lowest BCUT2D eigenvalue weighted by Gasteiger charge is -2.18. The molecule has 92 valence electrons. The zero-order valence-electron chi connectivity index (χ0n) is 10.4. The summed E-state index contributed by atoms with van der Waals surface area (Å²) in [6.07, 6.45) is 8.30. The SMILES string of the molecule is COc1cccc(CNCC2CC=CCC2)n1. The summed E-state index contributed by atoms with van der Waals surface area (Å²) in [6, 6.07) is 5.87. The Morgan fingerprint density at radius 2 is 2.35 bits per heavy atom. The molecule has 0 saturated carbocycles. The van der Waals surface area contributed by atoms with Crippen LogP contribution in [0.3, 0.4) is 0 Å². The molecule has 0 spiro atoms. The van der Waals surface area contributed by atoms with Crippen molar-refractivity contribution in [1.29, 1.82) is 0 Å². The molecular formula is C14H20N2O. The lowest BCUT2D eigenvalue weighted by Crippen LogP contribution is -2.23. The molecule has 1 heterocycles. The number of rotatable bonds is 5. The van der Waals surface area contributed by atoms with Crippen LogP contribution in [0.5, 0.6) is 5.88 Å². The van der Waals surface area contributed by atoms with Crippen molar-refractivity contribution in [2.24, 2.45) is 5.92 Å². The highest BCUT2D eigenvalue weighted by Gasteiger charge is 2.09. The molecule has 0 aliphatic heterocycles. The number of ether oxygens (including phenoxy) is 1. The predicted molar refractivity (Wildman–Crippen MR) is 69.0 cm³/mol. The summed E-state index contributed by atoms with van der Waals surface area (Å²) >= 11 is 0. The van der Waals surface area contributed by atoms with Gasteiger partial charge in [0.1, 0.15) is 0 Å². The molecule has 1 aliphatic rings. The van der Waals surface area contributed by atoms with Crippen LogP contribution in [-0.4, -0.2) is 18.6 Å². The van der Waals surface area contributed by atoms with Crippen molar-refractivity contribution in [2.75, 3.05) is 13.7 Å². The van der Waals surface area contributed by atoms with Crippen LogP contribution in [0.15, 0.2) is 30.4 Å². The molecular weight excluding hydrogens is 212 g/mol. The molecule has 0 radical (unpaired) electrons. The van der Waals surface area contributed by atoms with Crippen LogP contribution in [0.25, 0.3) is 0 Å². The van der Waals surface area contributed by atoms with Crippen molar-refractivity contribution in [3.63, 3.8) is 0 Å². The van der Waals surface area contributed by atoms with Crippen molar-refractivity contribution >= 4 is 0 Å². The minimum absolute atomic E-state index is 0.685. The summed E-state index contributed by atoms with van der Waals surface area (Å²) in [5, 5.41) is 3.47. The summed E-state index contributed by atoms with van der Waals surface area (Å²) in [5.74, 6) is 1.47. The van der Waals surface area contributed by atoms with Gasteiger partial charge in [0, 0.05) is 12.6 Å². The lowest BCUT2D eigenvalue weighted by molar-refractivity contribution is 0.394. The number of hydrogen-bond acceptors (Lipinski definition) is 3. The zero-order valence-corrected chi connectivity index (χ0v) is 10.4. The van der Waals surface area contributed by atoms with Crippen LogP contribution in [-0.2, 0) is 6.54 Å². The second kappa shape index (κ2) is 6.40. The lowest BCUT2D eigenvalue weighted by atomic mass is 9.94. The van der Waals surface area contributed by atoms with E-state index >= 15 is 0 Å². The molecule has 1 unspecified atom stereocenters. The molecule has 0 aromatic carbocycles. The Labute approximate surface area is 103 Å². The predicted octanol–water partition coefficient (Wildman–Crippen LogP) is 2.54. The fourth-order valence-corrected chi connectivity index (χ4v) is 2.12. The first-order valence-corrected chi connectivity index (χ1v) is 6.24. The highest BCUT2D eigenvalue weighted by atomic mass is 16.5. The Bertz CT molecular complexity index is 376. The van der Waals surface area contributed by atoms with E-state index in [2.05, 4.69) is 22.5 Å². The second-order valence-corrected chi connectivity index (χ2v) is 4.45. The van der Waals surface area contributed by atoms with Crippen LogP contribution in [0.4, 0.5) is 0 Å². The van der Waals surface area contributed by atoms with Crippen LogP contribution >= 0.6 is 0 Å². The summed E-state index contributed by atoms with van der Waals surface area (Å²) < 4.78 is 5.10. The third-order valence-corrected chi connectivity index (χ3v) is 3.11. The average molecular weight is 232 g/mol. The maximum atomic E-state index is 5.10. The molecule has 1 aromatic rings. The standard InChI is InChI=1S/C14H20N2O/c1-17-14-9-5-8-13(16-14)11-15-10-12-6-3-2-4-7-12/h2-3,5,8-9,12,15H,4,6-7,10-11H2,1H3. The quantitative estimate of drug-likeness (QED) is 0.792. The van der Waals surface area contributed by atoms with E-state index in [1.807, 2.05) is 18.2 Å². The normalized spacial score (nSPS) is 19.2. The molecule has 0 fully saturated rings. The van der Waals surface area contributed by atoms with Gasteiger partial charge < -0.3 is 10.1 Å². The third kappa shape index (κ3) is 3.86. The topological polar surface area (TPSA) is 34.1 Å². The first-order chi connectivity index (χ1) is 8.38. The van der Waals surface area contributed by atoms with Gasteiger partial charge in [-0.3, -0.25) is 0 Å². The van der Waals surface area contributed by atoms with Crippen molar-refractivity contribution in [3.8, 4) is 5.88 Å². The number of pyridine rings is 1. The summed E-state index contributed by atoms with van der Waals surface area (Å²) in [6.45, 7) is 1.89. The smallest absolute Gasteiger partial charge is 0.213 e. The summed E-state index contributed by atoms with van der Waals surface area (Å²) in [5.41, 5.74) is 1.04.